The molecule has 0 radical (unpaired) electrons. The number of hydrogen-bond acceptors (Lipinski definition) is 3. The molecule has 2 aromatic rings. The van der Waals surface area contributed by atoms with E-state index in [1.54, 1.807) is 0 Å². The maximum absolute atomic E-state index is 5.76. The summed E-state index contributed by atoms with van der Waals surface area (Å²) in [7, 11) is 0. The van der Waals surface area contributed by atoms with Crippen LogP contribution < -0.4 is 10.5 Å². The Kier molecular flexibility index (Phi) is 6.25. The average Bonchev–Trinajstić information content (AvgIpc) is 2.52. The number of ether oxygens (including phenoxy) is 2. The molecule has 0 bridgehead atoms. The Morgan fingerprint density at radius 2 is 1.67 bits per heavy atom. The van der Waals surface area contributed by atoms with E-state index < -0.39 is 0 Å². The minimum Gasteiger partial charge on any atom is -0.468 e. The highest BCUT2D eigenvalue weighted by atomic mass is 16.7. The van der Waals surface area contributed by atoms with Crippen molar-refractivity contribution in [1.29, 1.82) is 0 Å². The second-order valence-electron chi connectivity index (χ2n) is 5.26. The van der Waals surface area contributed by atoms with Gasteiger partial charge in [0.05, 0.1) is 6.61 Å². The molecule has 1 unspecified atom stereocenters. The summed E-state index contributed by atoms with van der Waals surface area (Å²) in [6, 6.07) is 18.4. The highest BCUT2D eigenvalue weighted by Crippen LogP contribution is 2.14. The maximum atomic E-state index is 5.76. The van der Waals surface area contributed by atoms with Crippen LogP contribution in [0.15, 0.2) is 54.6 Å². The molecule has 0 heterocycles. The predicted octanol–water partition coefficient (Wildman–Crippen LogP) is 3.52. The van der Waals surface area contributed by atoms with Crippen LogP contribution in [0.1, 0.15) is 24.5 Å². The first-order valence-corrected chi connectivity index (χ1v) is 7.33. The fourth-order valence-electron chi connectivity index (χ4n) is 1.99. The zero-order valence-electron chi connectivity index (χ0n) is 12.5. The molecular weight excluding hydrogens is 262 g/mol. The van der Waals surface area contributed by atoms with Gasteiger partial charge in [-0.05, 0) is 43.0 Å². The molecule has 2 aromatic carbocycles. The summed E-state index contributed by atoms with van der Waals surface area (Å²) in [5, 5.41) is 0. The van der Waals surface area contributed by atoms with Crippen molar-refractivity contribution in [2.45, 2.75) is 32.4 Å². The average molecular weight is 285 g/mol. The zero-order valence-corrected chi connectivity index (χ0v) is 12.5. The zero-order chi connectivity index (χ0) is 14.9. The van der Waals surface area contributed by atoms with Gasteiger partial charge in [-0.3, -0.25) is 0 Å². The van der Waals surface area contributed by atoms with Crippen LogP contribution in [0.2, 0.25) is 0 Å². The van der Waals surface area contributed by atoms with Crippen LogP contribution in [-0.4, -0.2) is 12.8 Å². The van der Waals surface area contributed by atoms with E-state index in [1.807, 2.05) is 49.4 Å². The molecule has 21 heavy (non-hydrogen) atoms. The molecule has 3 nitrogen and oxygen atoms in total. The molecule has 112 valence electrons. The van der Waals surface area contributed by atoms with Crippen LogP contribution in [0.3, 0.4) is 0 Å². The third-order valence-electron chi connectivity index (χ3n) is 3.23. The van der Waals surface area contributed by atoms with Gasteiger partial charge in [0, 0.05) is 6.04 Å². The van der Waals surface area contributed by atoms with Gasteiger partial charge in [0.15, 0.2) is 6.79 Å². The summed E-state index contributed by atoms with van der Waals surface area (Å²) in [6.07, 6.45) is 2.00. The van der Waals surface area contributed by atoms with E-state index in [0.29, 0.717) is 6.61 Å². The Morgan fingerprint density at radius 3 is 2.33 bits per heavy atom. The van der Waals surface area contributed by atoms with Crippen LogP contribution >= 0.6 is 0 Å². The molecule has 2 N–H and O–H groups in total. The van der Waals surface area contributed by atoms with Gasteiger partial charge in [0.2, 0.25) is 0 Å². The van der Waals surface area contributed by atoms with Gasteiger partial charge in [0.1, 0.15) is 5.75 Å². The lowest BCUT2D eigenvalue weighted by Crippen LogP contribution is -2.15. The molecule has 0 amide bonds. The van der Waals surface area contributed by atoms with Crippen LogP contribution in [0.5, 0.6) is 5.75 Å². The van der Waals surface area contributed by atoms with Crippen molar-refractivity contribution in [2.24, 2.45) is 5.73 Å². The molecule has 0 aromatic heterocycles. The largest absolute Gasteiger partial charge is 0.468 e. The Labute approximate surface area is 126 Å². The van der Waals surface area contributed by atoms with Crippen molar-refractivity contribution in [3.05, 3.63) is 65.7 Å². The number of nitrogens with two attached hydrogens (primary N) is 1. The molecule has 0 saturated carbocycles. The Bertz CT molecular complexity index is 509. The number of hydrogen-bond donors (Lipinski definition) is 1. The van der Waals surface area contributed by atoms with Gasteiger partial charge >= 0.3 is 0 Å². The highest BCUT2D eigenvalue weighted by Gasteiger charge is 1.99. The van der Waals surface area contributed by atoms with Crippen LogP contribution in [-0.2, 0) is 17.8 Å². The van der Waals surface area contributed by atoms with Crippen molar-refractivity contribution < 1.29 is 9.47 Å². The van der Waals surface area contributed by atoms with Gasteiger partial charge in [-0.1, -0.05) is 42.5 Å². The van der Waals surface area contributed by atoms with Crippen molar-refractivity contribution >= 4 is 0 Å². The SMILES string of the molecule is CC(N)CCc1ccc(OCOCc2ccccc2)cc1. The normalized spacial score (nSPS) is 12.1. The predicted molar refractivity (Wildman–Crippen MR) is 85.1 cm³/mol. The fourth-order valence-corrected chi connectivity index (χ4v) is 1.99. The van der Waals surface area contributed by atoms with Gasteiger partial charge < -0.3 is 15.2 Å². The minimum absolute atomic E-state index is 0.243. The Hall–Kier alpha value is -1.84. The molecular formula is C18H23NO2. The summed E-state index contributed by atoms with van der Waals surface area (Å²) < 4.78 is 11.1. The van der Waals surface area contributed by atoms with Crippen molar-refractivity contribution in [3.8, 4) is 5.75 Å². The molecule has 0 spiro atoms. The van der Waals surface area contributed by atoms with Gasteiger partial charge in [-0.2, -0.15) is 0 Å². The summed E-state index contributed by atoms with van der Waals surface area (Å²) in [6.45, 7) is 2.85. The Morgan fingerprint density at radius 1 is 0.952 bits per heavy atom. The van der Waals surface area contributed by atoms with Crippen molar-refractivity contribution in [1.82, 2.24) is 0 Å². The molecule has 0 fully saturated rings. The molecule has 0 aliphatic carbocycles. The maximum Gasteiger partial charge on any atom is 0.189 e. The van der Waals surface area contributed by atoms with E-state index in [9.17, 15) is 0 Å². The number of rotatable bonds is 8. The lowest BCUT2D eigenvalue weighted by atomic mass is 10.1. The molecule has 0 saturated heterocycles. The van der Waals surface area contributed by atoms with Crippen LogP contribution in [0.25, 0.3) is 0 Å². The molecule has 0 aliphatic heterocycles. The first-order chi connectivity index (χ1) is 10.2. The standard InChI is InChI=1S/C18H23NO2/c1-15(19)7-8-16-9-11-18(12-10-16)21-14-20-13-17-5-3-2-4-6-17/h2-6,9-12,15H,7-8,13-14,19H2,1H3. The summed E-state index contributed by atoms with van der Waals surface area (Å²) in [5.74, 6) is 0.826. The van der Waals surface area contributed by atoms with Gasteiger partial charge in [-0.15, -0.1) is 0 Å². The van der Waals surface area contributed by atoms with E-state index in [-0.39, 0.29) is 12.8 Å². The second kappa shape index (κ2) is 8.45. The van der Waals surface area contributed by atoms with Crippen molar-refractivity contribution in [3.63, 3.8) is 0 Å². The van der Waals surface area contributed by atoms with E-state index >= 15 is 0 Å². The first-order valence-electron chi connectivity index (χ1n) is 7.33. The fraction of sp³-hybridized carbons (Fsp3) is 0.333. The van der Waals surface area contributed by atoms with Crippen LogP contribution in [0, 0.1) is 0 Å². The minimum atomic E-state index is 0.243. The summed E-state index contributed by atoms with van der Waals surface area (Å²) in [4.78, 5) is 0. The number of aryl methyl sites for hydroxylation is 1. The number of benzene rings is 2. The van der Waals surface area contributed by atoms with Gasteiger partial charge in [0.25, 0.3) is 0 Å². The lowest BCUT2D eigenvalue weighted by Gasteiger charge is -2.09. The monoisotopic (exact) mass is 285 g/mol. The summed E-state index contributed by atoms with van der Waals surface area (Å²) >= 11 is 0. The van der Waals surface area contributed by atoms with E-state index in [4.69, 9.17) is 15.2 Å². The molecule has 1 atom stereocenters. The van der Waals surface area contributed by atoms with Crippen molar-refractivity contribution in [2.75, 3.05) is 6.79 Å². The topological polar surface area (TPSA) is 44.5 Å². The third-order valence-corrected chi connectivity index (χ3v) is 3.23. The Balaban J connectivity index is 1.69. The van der Waals surface area contributed by atoms with E-state index in [2.05, 4.69) is 12.1 Å². The third kappa shape index (κ3) is 5.98. The first kappa shape index (κ1) is 15.5. The smallest absolute Gasteiger partial charge is 0.189 e. The summed E-state index contributed by atoms with van der Waals surface area (Å²) in [5.41, 5.74) is 8.19. The lowest BCUT2D eigenvalue weighted by molar-refractivity contribution is 0.00504. The highest BCUT2D eigenvalue weighted by molar-refractivity contribution is 5.27. The van der Waals surface area contributed by atoms with E-state index in [0.717, 1.165) is 24.2 Å². The second-order valence-corrected chi connectivity index (χ2v) is 5.26. The van der Waals surface area contributed by atoms with Crippen LogP contribution in [0.4, 0.5) is 0 Å². The van der Waals surface area contributed by atoms with Gasteiger partial charge in [-0.25, -0.2) is 0 Å². The quantitative estimate of drug-likeness (QED) is 0.596. The molecule has 3 heteroatoms. The molecule has 0 aliphatic rings. The molecule has 2 rings (SSSR count). The van der Waals surface area contributed by atoms with E-state index in [1.165, 1.54) is 5.56 Å².